The van der Waals surface area contributed by atoms with Gasteiger partial charge in [0.25, 0.3) is 0 Å². The first-order valence-corrected chi connectivity index (χ1v) is 9.33. The summed E-state index contributed by atoms with van der Waals surface area (Å²) in [6.07, 6.45) is 0.660. The van der Waals surface area contributed by atoms with Crippen molar-refractivity contribution < 1.29 is 14.6 Å². The number of aliphatic hydroxyl groups excluding tert-OH is 1. The highest BCUT2D eigenvalue weighted by Gasteiger charge is 2.62. The first-order valence-electron chi connectivity index (χ1n) is 6.50. The first-order chi connectivity index (χ1) is 10.2. The summed E-state index contributed by atoms with van der Waals surface area (Å²) in [6, 6.07) is 3.84. The van der Waals surface area contributed by atoms with Gasteiger partial charge < -0.3 is 9.84 Å². The second-order valence-corrected chi connectivity index (χ2v) is 7.75. The van der Waals surface area contributed by atoms with Gasteiger partial charge in [0.05, 0.1) is 5.25 Å². The zero-order valence-corrected chi connectivity index (χ0v) is 13.3. The molecule has 2 aliphatic heterocycles. The molecule has 0 aromatic carbocycles. The minimum atomic E-state index is -0.974. The van der Waals surface area contributed by atoms with Gasteiger partial charge in [0.2, 0.25) is 0 Å². The third kappa shape index (κ3) is 1.86. The number of fused-ring (bicyclic) bond motifs is 1. The Balaban J connectivity index is 1.76. The van der Waals surface area contributed by atoms with Crippen LogP contribution >= 0.6 is 34.4 Å². The summed E-state index contributed by atoms with van der Waals surface area (Å²) < 4.78 is 5.63. The lowest BCUT2D eigenvalue weighted by Gasteiger charge is -2.28. The average molecular weight is 336 g/mol. The number of cyclic esters (lactones) is 1. The van der Waals surface area contributed by atoms with Crippen LogP contribution in [0, 0.1) is 5.41 Å². The van der Waals surface area contributed by atoms with Gasteiger partial charge in [0.1, 0.15) is 17.6 Å². The Morgan fingerprint density at radius 3 is 2.76 bits per heavy atom. The Labute approximate surface area is 134 Å². The fourth-order valence-corrected chi connectivity index (χ4v) is 5.69. The number of carbonyl (C=O) groups is 1. The normalized spacial score (nSPS) is 32.1. The van der Waals surface area contributed by atoms with Crippen molar-refractivity contribution in [2.45, 2.75) is 17.5 Å². The lowest BCUT2D eigenvalue weighted by molar-refractivity contribution is -0.151. The van der Waals surface area contributed by atoms with Crippen molar-refractivity contribution in [1.82, 2.24) is 0 Å². The number of thioether (sulfide) groups is 1. The van der Waals surface area contributed by atoms with Crippen molar-refractivity contribution >= 4 is 40.4 Å². The van der Waals surface area contributed by atoms with Crippen LogP contribution in [-0.2, 0) is 9.53 Å². The second kappa shape index (κ2) is 4.98. The largest absolute Gasteiger partial charge is 0.455 e. The standard InChI is InChI=1S/C15H12O3S3/c16-12(10-2-5-20-8-10)15-3-6-21-13(15)11(18-14(15)17)9-1-4-19-7-9/h1-8,11-13,16H/t11-,12?,13+,15-/m1/s1. The van der Waals surface area contributed by atoms with Crippen LogP contribution in [0.2, 0.25) is 0 Å². The third-order valence-electron chi connectivity index (χ3n) is 4.09. The van der Waals surface area contributed by atoms with Gasteiger partial charge in [-0.25, -0.2) is 0 Å². The molecule has 0 bridgehead atoms. The monoisotopic (exact) mass is 336 g/mol. The number of hydrogen-bond acceptors (Lipinski definition) is 6. The minimum absolute atomic E-state index is 0.116. The summed E-state index contributed by atoms with van der Waals surface area (Å²) in [4.78, 5) is 12.6. The van der Waals surface area contributed by atoms with E-state index in [4.69, 9.17) is 4.74 Å². The number of rotatable bonds is 3. The van der Waals surface area contributed by atoms with Gasteiger partial charge in [-0.05, 0) is 44.6 Å². The number of aliphatic hydroxyl groups is 1. The molecular formula is C15H12O3S3. The van der Waals surface area contributed by atoms with Gasteiger partial charge in [-0.2, -0.15) is 22.7 Å². The fraction of sp³-hybridized carbons (Fsp3) is 0.267. The number of ether oxygens (including phenoxy) is 1. The van der Waals surface area contributed by atoms with Crippen LogP contribution in [0.4, 0.5) is 0 Å². The molecule has 1 fully saturated rings. The molecule has 2 aliphatic rings. The number of esters is 1. The Hall–Kier alpha value is -1.08. The molecule has 4 rings (SSSR count). The summed E-state index contributed by atoms with van der Waals surface area (Å²) >= 11 is 4.67. The molecule has 2 aromatic rings. The van der Waals surface area contributed by atoms with Gasteiger partial charge in [-0.1, -0.05) is 6.08 Å². The highest BCUT2D eigenvalue weighted by atomic mass is 32.2. The fourth-order valence-electron chi connectivity index (χ4n) is 2.97. The molecule has 1 N–H and O–H groups in total. The van der Waals surface area contributed by atoms with E-state index in [-0.39, 0.29) is 17.3 Å². The number of carbonyl (C=O) groups excluding carboxylic acids is 1. The lowest BCUT2D eigenvalue weighted by atomic mass is 9.76. The van der Waals surface area contributed by atoms with Crippen molar-refractivity contribution in [3.05, 3.63) is 56.3 Å². The van der Waals surface area contributed by atoms with Gasteiger partial charge in [0, 0.05) is 5.56 Å². The predicted molar refractivity (Wildman–Crippen MR) is 85.4 cm³/mol. The van der Waals surface area contributed by atoms with E-state index in [1.807, 2.05) is 45.1 Å². The zero-order chi connectivity index (χ0) is 14.4. The quantitative estimate of drug-likeness (QED) is 0.867. The SMILES string of the molecule is O=C1O[C@H](c2ccsc2)[C@@H]2SC=C[C@]12C(O)c1ccsc1. The molecule has 0 amide bonds. The summed E-state index contributed by atoms with van der Waals surface area (Å²) in [5, 5.41) is 20.4. The molecule has 6 heteroatoms. The van der Waals surface area contributed by atoms with E-state index in [2.05, 4.69) is 0 Å². The molecule has 108 valence electrons. The van der Waals surface area contributed by atoms with E-state index in [1.165, 1.54) is 11.3 Å². The summed E-state index contributed by atoms with van der Waals surface area (Å²) in [7, 11) is 0. The topological polar surface area (TPSA) is 46.5 Å². The molecule has 4 atom stereocenters. The molecular weight excluding hydrogens is 324 g/mol. The van der Waals surface area contributed by atoms with Crippen molar-refractivity contribution in [1.29, 1.82) is 0 Å². The predicted octanol–water partition coefficient (Wildman–Crippen LogP) is 3.76. The average Bonchev–Trinajstić information content (AvgIpc) is 3.26. The zero-order valence-electron chi connectivity index (χ0n) is 10.8. The van der Waals surface area contributed by atoms with Crippen LogP contribution in [-0.4, -0.2) is 16.3 Å². The minimum Gasteiger partial charge on any atom is -0.455 e. The highest BCUT2D eigenvalue weighted by Crippen LogP contribution is 2.59. The smallest absolute Gasteiger partial charge is 0.320 e. The Kier molecular flexibility index (Phi) is 3.22. The maximum Gasteiger partial charge on any atom is 0.320 e. The second-order valence-electron chi connectivity index (χ2n) is 5.13. The van der Waals surface area contributed by atoms with Crippen LogP contribution in [0.1, 0.15) is 23.3 Å². The van der Waals surface area contributed by atoms with E-state index in [1.54, 1.807) is 23.1 Å². The van der Waals surface area contributed by atoms with Crippen molar-refractivity contribution in [3.8, 4) is 0 Å². The highest BCUT2D eigenvalue weighted by molar-refractivity contribution is 8.03. The summed E-state index contributed by atoms with van der Waals surface area (Å²) in [5.41, 5.74) is 0.812. The van der Waals surface area contributed by atoms with Gasteiger partial charge >= 0.3 is 5.97 Å². The van der Waals surface area contributed by atoms with E-state index in [0.717, 1.165) is 11.1 Å². The summed E-state index contributed by atoms with van der Waals surface area (Å²) in [6.45, 7) is 0. The van der Waals surface area contributed by atoms with Crippen molar-refractivity contribution in [2.75, 3.05) is 0 Å². The molecule has 0 spiro atoms. The van der Waals surface area contributed by atoms with Gasteiger partial charge in [-0.15, -0.1) is 11.8 Å². The Morgan fingerprint density at radius 2 is 2.05 bits per heavy atom. The lowest BCUT2D eigenvalue weighted by Crippen LogP contribution is -2.37. The molecule has 0 radical (unpaired) electrons. The van der Waals surface area contributed by atoms with Gasteiger partial charge in [-0.3, -0.25) is 4.79 Å². The molecule has 4 heterocycles. The molecule has 21 heavy (non-hydrogen) atoms. The Bertz CT molecular complexity index is 677. The van der Waals surface area contributed by atoms with E-state index in [9.17, 15) is 9.90 Å². The Morgan fingerprint density at radius 1 is 1.24 bits per heavy atom. The first kappa shape index (κ1) is 13.6. The van der Waals surface area contributed by atoms with Crippen LogP contribution in [0.15, 0.2) is 45.1 Å². The van der Waals surface area contributed by atoms with Crippen LogP contribution in [0.5, 0.6) is 0 Å². The van der Waals surface area contributed by atoms with Crippen molar-refractivity contribution in [2.24, 2.45) is 5.41 Å². The van der Waals surface area contributed by atoms with Gasteiger partial charge in [0.15, 0.2) is 0 Å². The van der Waals surface area contributed by atoms with E-state index >= 15 is 0 Å². The molecule has 0 saturated carbocycles. The maximum absolute atomic E-state index is 12.6. The number of hydrogen-bond donors (Lipinski definition) is 1. The van der Waals surface area contributed by atoms with E-state index in [0.29, 0.717) is 0 Å². The molecule has 0 aliphatic carbocycles. The number of thiophene rings is 2. The summed E-state index contributed by atoms with van der Waals surface area (Å²) in [5.74, 6) is -0.330. The maximum atomic E-state index is 12.6. The molecule has 1 saturated heterocycles. The molecule has 1 unspecified atom stereocenters. The van der Waals surface area contributed by atoms with E-state index < -0.39 is 11.5 Å². The van der Waals surface area contributed by atoms with Crippen molar-refractivity contribution in [3.63, 3.8) is 0 Å². The van der Waals surface area contributed by atoms with Crippen LogP contribution in [0.3, 0.4) is 0 Å². The van der Waals surface area contributed by atoms with Crippen LogP contribution in [0.25, 0.3) is 0 Å². The van der Waals surface area contributed by atoms with Crippen LogP contribution < -0.4 is 0 Å². The molecule has 3 nitrogen and oxygen atoms in total. The molecule has 2 aromatic heterocycles. The third-order valence-corrected chi connectivity index (χ3v) is 6.71.